The second kappa shape index (κ2) is 9.01. The Morgan fingerprint density at radius 2 is 1.82 bits per heavy atom. The third-order valence-corrected chi connectivity index (χ3v) is 2.97. The number of hydrogen-bond donors (Lipinski definition) is 2. The third kappa shape index (κ3) is 5.34. The summed E-state index contributed by atoms with van der Waals surface area (Å²) >= 11 is 0. The lowest BCUT2D eigenvalue weighted by Gasteiger charge is -2.26. The van der Waals surface area contributed by atoms with Crippen LogP contribution in [0.5, 0.6) is 0 Å². The van der Waals surface area contributed by atoms with Crippen LogP contribution < -0.4 is 11.1 Å². The Kier molecular flexibility index (Phi) is 7.34. The fraction of sp³-hybridized carbons (Fsp3) is 0.467. The number of anilines is 1. The highest BCUT2D eigenvalue weighted by Gasteiger charge is 2.32. The maximum atomic E-state index is 12.0. The molecule has 0 radical (unpaired) electrons. The van der Waals surface area contributed by atoms with Gasteiger partial charge in [-0.25, -0.2) is 4.79 Å². The van der Waals surface area contributed by atoms with Crippen LogP contribution in [0.1, 0.15) is 18.6 Å². The van der Waals surface area contributed by atoms with Crippen LogP contribution in [0.3, 0.4) is 0 Å². The lowest BCUT2D eigenvalue weighted by molar-refractivity contribution is -0.150. The van der Waals surface area contributed by atoms with Gasteiger partial charge in [-0.15, -0.1) is 0 Å². The van der Waals surface area contributed by atoms with Crippen LogP contribution in [-0.4, -0.2) is 45.4 Å². The van der Waals surface area contributed by atoms with Crippen LogP contribution in [0.15, 0.2) is 24.3 Å². The first-order valence-corrected chi connectivity index (χ1v) is 6.80. The maximum Gasteiger partial charge on any atom is 0.331 e. The highest BCUT2D eigenvalue weighted by molar-refractivity contribution is 5.84. The molecule has 0 aliphatic heterocycles. The largest absolute Gasteiger partial charge is 0.467 e. The van der Waals surface area contributed by atoms with Gasteiger partial charge in [0, 0.05) is 19.7 Å². The van der Waals surface area contributed by atoms with E-state index in [4.69, 9.17) is 19.9 Å². The minimum atomic E-state index is -0.956. The first kappa shape index (κ1) is 17.9. The number of amides is 1. The molecule has 1 aromatic rings. The molecule has 7 nitrogen and oxygen atoms in total. The van der Waals surface area contributed by atoms with Crippen molar-refractivity contribution in [2.75, 3.05) is 33.2 Å². The molecule has 0 aliphatic carbocycles. The van der Waals surface area contributed by atoms with Gasteiger partial charge < -0.3 is 25.3 Å². The van der Waals surface area contributed by atoms with Crippen molar-refractivity contribution in [1.82, 2.24) is 5.32 Å². The summed E-state index contributed by atoms with van der Waals surface area (Å²) in [4.78, 5) is 23.4. The summed E-state index contributed by atoms with van der Waals surface area (Å²) in [6.07, 6.45) is -0.702. The smallest absolute Gasteiger partial charge is 0.331 e. The number of carbonyl (C=O) groups is 2. The van der Waals surface area contributed by atoms with Crippen molar-refractivity contribution >= 4 is 17.6 Å². The number of benzene rings is 1. The number of nitrogen functional groups attached to an aromatic ring is 1. The average molecular weight is 310 g/mol. The molecule has 2 atom stereocenters. The molecule has 1 amide bonds. The van der Waals surface area contributed by atoms with E-state index in [0.29, 0.717) is 17.9 Å². The molecule has 0 saturated carbocycles. The number of hydrogen-bond acceptors (Lipinski definition) is 6. The van der Waals surface area contributed by atoms with E-state index in [2.05, 4.69) is 5.32 Å². The van der Waals surface area contributed by atoms with Gasteiger partial charge in [-0.3, -0.25) is 4.79 Å². The molecule has 0 fully saturated rings. The van der Waals surface area contributed by atoms with Gasteiger partial charge in [0.15, 0.2) is 6.04 Å². The van der Waals surface area contributed by atoms with Crippen LogP contribution in [-0.2, 0) is 23.8 Å². The zero-order valence-corrected chi connectivity index (χ0v) is 13.0. The second-order valence-corrected chi connectivity index (χ2v) is 4.65. The molecule has 0 aromatic heterocycles. The van der Waals surface area contributed by atoms with E-state index in [1.807, 2.05) is 0 Å². The van der Waals surface area contributed by atoms with E-state index in [9.17, 15) is 9.59 Å². The lowest BCUT2D eigenvalue weighted by Crippen LogP contribution is -2.45. The van der Waals surface area contributed by atoms with E-state index in [1.54, 1.807) is 31.4 Å². The molecule has 0 aliphatic rings. The number of nitrogens with one attached hydrogen (secondary N) is 1. The second-order valence-electron chi connectivity index (χ2n) is 4.65. The molecule has 1 rings (SSSR count). The van der Waals surface area contributed by atoms with Crippen molar-refractivity contribution in [2.24, 2.45) is 0 Å². The first-order valence-electron chi connectivity index (χ1n) is 6.80. The number of rotatable bonds is 8. The van der Waals surface area contributed by atoms with Gasteiger partial charge in [0.05, 0.1) is 20.3 Å². The van der Waals surface area contributed by atoms with Crippen molar-refractivity contribution in [2.45, 2.75) is 19.1 Å². The Morgan fingerprint density at radius 3 is 2.32 bits per heavy atom. The SMILES string of the molecule is COCCOC(c1ccc(N)cc1)[C@@H](NC(C)=O)C(=O)OC. The summed E-state index contributed by atoms with van der Waals surface area (Å²) in [5.41, 5.74) is 6.96. The molecule has 0 saturated heterocycles. The third-order valence-electron chi connectivity index (χ3n) is 2.97. The molecular weight excluding hydrogens is 288 g/mol. The summed E-state index contributed by atoms with van der Waals surface area (Å²) in [7, 11) is 2.81. The summed E-state index contributed by atoms with van der Waals surface area (Å²) in [6, 6.07) is 5.92. The van der Waals surface area contributed by atoms with E-state index in [1.165, 1.54) is 14.0 Å². The molecule has 0 heterocycles. The molecule has 1 unspecified atom stereocenters. The molecular formula is C15H22N2O5. The monoisotopic (exact) mass is 310 g/mol. The standard InChI is InChI=1S/C15H22N2O5/c1-10(18)17-13(15(19)21-3)14(22-9-8-20-2)11-4-6-12(16)7-5-11/h4-7,13-14H,8-9,16H2,1-3H3,(H,17,18)/t13-,14?/m1/s1. The van der Waals surface area contributed by atoms with Crippen molar-refractivity contribution in [3.8, 4) is 0 Å². The number of methoxy groups -OCH3 is 2. The number of esters is 1. The molecule has 7 heteroatoms. The normalized spacial score (nSPS) is 13.2. The van der Waals surface area contributed by atoms with E-state index in [0.717, 1.165) is 0 Å². The van der Waals surface area contributed by atoms with Gasteiger partial charge in [0.25, 0.3) is 0 Å². The van der Waals surface area contributed by atoms with Crippen molar-refractivity contribution in [1.29, 1.82) is 0 Å². The van der Waals surface area contributed by atoms with Gasteiger partial charge in [-0.05, 0) is 17.7 Å². The van der Waals surface area contributed by atoms with Gasteiger partial charge in [0.2, 0.25) is 5.91 Å². The predicted molar refractivity (Wildman–Crippen MR) is 81.0 cm³/mol. The summed E-state index contributed by atoms with van der Waals surface area (Å²) in [5.74, 6) is -0.944. The molecule has 122 valence electrons. The fourth-order valence-electron chi connectivity index (χ4n) is 1.93. The minimum absolute atomic E-state index is 0.263. The predicted octanol–water partition coefficient (Wildman–Crippen LogP) is 0.651. The van der Waals surface area contributed by atoms with Crippen molar-refractivity contribution < 1.29 is 23.8 Å². The molecule has 0 spiro atoms. The first-order chi connectivity index (χ1) is 10.5. The number of nitrogens with two attached hydrogens (primary N) is 1. The van der Waals surface area contributed by atoms with Gasteiger partial charge in [0.1, 0.15) is 6.10 Å². The van der Waals surface area contributed by atoms with Crippen molar-refractivity contribution in [3.63, 3.8) is 0 Å². The van der Waals surface area contributed by atoms with Gasteiger partial charge in [-0.2, -0.15) is 0 Å². The Labute approximate surface area is 129 Å². The summed E-state index contributed by atoms with van der Waals surface area (Å²) < 4.78 is 15.4. The Bertz CT molecular complexity index is 489. The topological polar surface area (TPSA) is 99.9 Å². The van der Waals surface area contributed by atoms with Crippen LogP contribution in [0.4, 0.5) is 5.69 Å². The van der Waals surface area contributed by atoms with Gasteiger partial charge >= 0.3 is 5.97 Å². The minimum Gasteiger partial charge on any atom is -0.467 e. The molecule has 1 aromatic carbocycles. The fourth-order valence-corrected chi connectivity index (χ4v) is 1.93. The van der Waals surface area contributed by atoms with Crippen LogP contribution in [0, 0.1) is 0 Å². The van der Waals surface area contributed by atoms with Crippen LogP contribution >= 0.6 is 0 Å². The Morgan fingerprint density at radius 1 is 1.18 bits per heavy atom. The molecule has 0 bridgehead atoms. The van der Waals surface area contributed by atoms with Crippen molar-refractivity contribution in [3.05, 3.63) is 29.8 Å². The van der Waals surface area contributed by atoms with E-state index in [-0.39, 0.29) is 12.5 Å². The quantitative estimate of drug-likeness (QED) is 0.415. The summed E-state index contributed by atoms with van der Waals surface area (Å²) in [6.45, 7) is 1.95. The Balaban J connectivity index is 3.05. The highest BCUT2D eigenvalue weighted by Crippen LogP contribution is 2.23. The van der Waals surface area contributed by atoms with E-state index >= 15 is 0 Å². The highest BCUT2D eigenvalue weighted by atomic mass is 16.5. The number of carbonyl (C=O) groups excluding carboxylic acids is 2. The molecule has 3 N–H and O–H groups in total. The van der Waals surface area contributed by atoms with Crippen LogP contribution in [0.2, 0.25) is 0 Å². The zero-order chi connectivity index (χ0) is 16.5. The number of ether oxygens (including phenoxy) is 3. The van der Waals surface area contributed by atoms with Gasteiger partial charge in [-0.1, -0.05) is 12.1 Å². The zero-order valence-electron chi connectivity index (χ0n) is 13.0. The molecule has 22 heavy (non-hydrogen) atoms. The van der Waals surface area contributed by atoms with Crippen LogP contribution in [0.25, 0.3) is 0 Å². The maximum absolute atomic E-state index is 12.0. The van der Waals surface area contributed by atoms with E-state index < -0.39 is 18.1 Å². The Hall–Kier alpha value is -2.12. The summed E-state index contributed by atoms with van der Waals surface area (Å²) in [5, 5.41) is 2.56. The lowest BCUT2D eigenvalue weighted by atomic mass is 10.0. The average Bonchev–Trinajstić information content (AvgIpc) is 2.50.